The van der Waals surface area contributed by atoms with Gasteiger partial charge in [-0.2, -0.15) is 5.26 Å². The summed E-state index contributed by atoms with van der Waals surface area (Å²) in [7, 11) is 0. The van der Waals surface area contributed by atoms with Crippen LogP contribution in [0.3, 0.4) is 0 Å². The second-order valence-corrected chi connectivity index (χ2v) is 6.46. The highest BCUT2D eigenvalue weighted by molar-refractivity contribution is 5.72. The van der Waals surface area contributed by atoms with E-state index >= 15 is 0 Å². The van der Waals surface area contributed by atoms with E-state index in [1.165, 1.54) is 12.1 Å². The molecule has 8 heteroatoms. The van der Waals surface area contributed by atoms with E-state index in [4.69, 9.17) is 10.5 Å². The Morgan fingerprint density at radius 1 is 1.29 bits per heavy atom. The zero-order valence-electron chi connectivity index (χ0n) is 14.8. The number of aromatic nitrogens is 2. The summed E-state index contributed by atoms with van der Waals surface area (Å²) in [5, 5.41) is 28.0. The zero-order chi connectivity index (χ0) is 19.8. The Morgan fingerprint density at radius 2 is 2.07 bits per heavy atom. The highest BCUT2D eigenvalue weighted by atomic mass is 16.6. The number of rotatable bonds is 3. The van der Waals surface area contributed by atoms with Gasteiger partial charge in [0.1, 0.15) is 11.6 Å². The highest BCUT2D eigenvalue weighted by Crippen LogP contribution is 2.45. The third kappa shape index (κ3) is 2.75. The van der Waals surface area contributed by atoms with Crippen LogP contribution in [0, 0.1) is 28.4 Å². The molecule has 0 amide bonds. The number of nitriles is 1. The van der Waals surface area contributed by atoms with Crippen LogP contribution in [0.2, 0.25) is 0 Å². The molecule has 8 nitrogen and oxygen atoms in total. The van der Waals surface area contributed by atoms with Gasteiger partial charge in [0.25, 0.3) is 5.69 Å². The van der Waals surface area contributed by atoms with Crippen LogP contribution >= 0.6 is 0 Å². The molecule has 1 unspecified atom stereocenters. The van der Waals surface area contributed by atoms with E-state index < -0.39 is 10.8 Å². The third-order valence-corrected chi connectivity index (χ3v) is 4.66. The molecule has 1 aromatic heterocycles. The van der Waals surface area contributed by atoms with Crippen LogP contribution in [0.4, 0.5) is 5.69 Å². The molecule has 1 aliphatic rings. The molecule has 28 heavy (non-hydrogen) atoms. The second-order valence-electron chi connectivity index (χ2n) is 6.46. The summed E-state index contributed by atoms with van der Waals surface area (Å²) in [6.45, 7) is 1.96. The van der Waals surface area contributed by atoms with E-state index in [0.717, 1.165) is 11.1 Å². The summed E-state index contributed by atoms with van der Waals surface area (Å²) in [4.78, 5) is 10.7. The Morgan fingerprint density at radius 3 is 2.79 bits per heavy atom. The van der Waals surface area contributed by atoms with Crippen molar-refractivity contribution in [1.82, 2.24) is 10.2 Å². The van der Waals surface area contributed by atoms with Crippen LogP contribution in [-0.2, 0) is 0 Å². The smallest absolute Gasteiger partial charge is 0.270 e. The Hall–Kier alpha value is -4.12. The number of aromatic amines is 1. The number of non-ortho nitro benzene ring substituents is 1. The number of nitro benzene ring substituents is 1. The molecule has 0 saturated heterocycles. The lowest BCUT2D eigenvalue weighted by atomic mass is 9.82. The largest absolute Gasteiger partial charge is 0.420 e. The molecule has 0 spiro atoms. The molecule has 1 atom stereocenters. The third-order valence-electron chi connectivity index (χ3n) is 4.66. The van der Waals surface area contributed by atoms with Gasteiger partial charge in [0.05, 0.1) is 22.1 Å². The fourth-order valence-electron chi connectivity index (χ4n) is 3.42. The first kappa shape index (κ1) is 17.3. The molecule has 0 bridgehead atoms. The second kappa shape index (κ2) is 6.55. The number of allylic oxidation sites excluding steroid dienone is 1. The Bertz CT molecular complexity index is 1170. The van der Waals surface area contributed by atoms with Crippen molar-refractivity contribution in [3.05, 3.63) is 86.8 Å². The monoisotopic (exact) mass is 373 g/mol. The van der Waals surface area contributed by atoms with Crippen molar-refractivity contribution in [3.8, 4) is 23.2 Å². The first-order valence-electron chi connectivity index (χ1n) is 8.47. The molecule has 4 rings (SSSR count). The quantitative estimate of drug-likeness (QED) is 0.533. The van der Waals surface area contributed by atoms with E-state index in [0.29, 0.717) is 16.8 Å². The number of fused-ring (bicyclic) bond motifs is 1. The van der Waals surface area contributed by atoms with Crippen LogP contribution in [0.25, 0.3) is 11.3 Å². The number of nitrogens with two attached hydrogens (primary N) is 1. The summed E-state index contributed by atoms with van der Waals surface area (Å²) in [5.74, 6) is -0.246. The Labute approximate surface area is 160 Å². The van der Waals surface area contributed by atoms with Gasteiger partial charge < -0.3 is 10.5 Å². The van der Waals surface area contributed by atoms with Crippen molar-refractivity contribution < 1.29 is 9.66 Å². The van der Waals surface area contributed by atoms with Crippen molar-refractivity contribution in [1.29, 1.82) is 5.26 Å². The summed E-state index contributed by atoms with van der Waals surface area (Å²) in [5.41, 5.74) is 9.83. The van der Waals surface area contributed by atoms with Gasteiger partial charge in [-0.15, -0.1) is 5.10 Å². The average Bonchev–Trinajstić information content (AvgIpc) is 3.10. The van der Waals surface area contributed by atoms with Gasteiger partial charge in [0.2, 0.25) is 11.8 Å². The first-order chi connectivity index (χ1) is 13.5. The summed E-state index contributed by atoms with van der Waals surface area (Å²) in [6, 6.07) is 16.1. The molecule has 1 aliphatic heterocycles. The maximum Gasteiger partial charge on any atom is 0.270 e. The lowest BCUT2D eigenvalue weighted by Crippen LogP contribution is -2.21. The maximum absolute atomic E-state index is 11.2. The number of aryl methyl sites for hydroxylation is 1. The van der Waals surface area contributed by atoms with Gasteiger partial charge >= 0.3 is 0 Å². The predicted molar refractivity (Wildman–Crippen MR) is 101 cm³/mol. The standard InChI is InChI=1S/C20H15N5O3/c1-11-4-2-5-12(8-11)16-15(10-21)19(22)28-20-17(16)18(23-24-20)13-6-3-7-14(9-13)25(26)27/h2-9,16H,22H2,1H3,(H,23,24). The number of nitrogens with one attached hydrogen (secondary N) is 1. The molecule has 138 valence electrons. The molecular weight excluding hydrogens is 358 g/mol. The zero-order valence-corrected chi connectivity index (χ0v) is 14.8. The van der Waals surface area contributed by atoms with E-state index in [2.05, 4.69) is 16.3 Å². The normalized spacial score (nSPS) is 15.5. The van der Waals surface area contributed by atoms with Crippen LogP contribution in [-0.4, -0.2) is 15.1 Å². The van der Waals surface area contributed by atoms with Gasteiger partial charge in [-0.1, -0.05) is 42.0 Å². The van der Waals surface area contributed by atoms with Gasteiger partial charge in [-0.05, 0) is 12.5 Å². The molecule has 3 N–H and O–H groups in total. The molecule has 0 radical (unpaired) electrons. The fraction of sp³-hybridized carbons (Fsp3) is 0.100. The van der Waals surface area contributed by atoms with E-state index in [1.807, 2.05) is 31.2 Å². The van der Waals surface area contributed by atoms with Crippen LogP contribution in [0.15, 0.2) is 60.0 Å². The minimum Gasteiger partial charge on any atom is -0.420 e. The Balaban J connectivity index is 1.95. The van der Waals surface area contributed by atoms with Gasteiger partial charge in [-0.3, -0.25) is 15.2 Å². The molecule has 0 aliphatic carbocycles. The van der Waals surface area contributed by atoms with E-state index in [-0.39, 0.29) is 23.0 Å². The average molecular weight is 373 g/mol. The number of hydrogen-bond acceptors (Lipinski definition) is 6. The number of H-pyrrole nitrogens is 1. The van der Waals surface area contributed by atoms with E-state index in [1.54, 1.807) is 12.1 Å². The van der Waals surface area contributed by atoms with Crippen LogP contribution in [0.1, 0.15) is 22.6 Å². The van der Waals surface area contributed by atoms with Gasteiger partial charge in [0, 0.05) is 17.7 Å². The number of benzene rings is 2. The Kier molecular flexibility index (Phi) is 4.05. The first-order valence-corrected chi connectivity index (χ1v) is 8.47. The topological polar surface area (TPSA) is 131 Å². The predicted octanol–water partition coefficient (Wildman–Crippen LogP) is 3.51. The number of hydrogen-bond donors (Lipinski definition) is 2. The van der Waals surface area contributed by atoms with Gasteiger partial charge in [0.15, 0.2) is 0 Å². The lowest BCUT2D eigenvalue weighted by molar-refractivity contribution is -0.384. The maximum atomic E-state index is 11.2. The lowest BCUT2D eigenvalue weighted by Gasteiger charge is -2.24. The van der Waals surface area contributed by atoms with Gasteiger partial charge in [-0.25, -0.2) is 0 Å². The van der Waals surface area contributed by atoms with Crippen molar-refractivity contribution >= 4 is 5.69 Å². The summed E-state index contributed by atoms with van der Waals surface area (Å²) >= 11 is 0. The number of nitro groups is 1. The molecule has 2 heterocycles. The number of ether oxygens (including phenoxy) is 1. The number of nitrogens with zero attached hydrogens (tertiary/aromatic N) is 3. The van der Waals surface area contributed by atoms with Crippen LogP contribution in [0.5, 0.6) is 5.88 Å². The summed E-state index contributed by atoms with van der Waals surface area (Å²) < 4.78 is 5.56. The van der Waals surface area contributed by atoms with Crippen molar-refractivity contribution in [2.45, 2.75) is 12.8 Å². The van der Waals surface area contributed by atoms with Crippen molar-refractivity contribution in [2.75, 3.05) is 0 Å². The fourth-order valence-corrected chi connectivity index (χ4v) is 3.42. The molecule has 0 saturated carbocycles. The minimum absolute atomic E-state index is 0.00130. The minimum atomic E-state index is -0.498. The van der Waals surface area contributed by atoms with E-state index in [9.17, 15) is 15.4 Å². The molecule has 3 aromatic rings. The highest BCUT2D eigenvalue weighted by Gasteiger charge is 2.35. The molecular formula is C20H15N5O3. The van der Waals surface area contributed by atoms with Crippen molar-refractivity contribution in [2.24, 2.45) is 5.73 Å². The van der Waals surface area contributed by atoms with Crippen molar-refractivity contribution in [3.63, 3.8) is 0 Å². The SMILES string of the molecule is Cc1cccc(C2C(C#N)=C(N)Oc3n[nH]c(-c4cccc([N+](=O)[O-])c4)c32)c1. The molecule has 2 aromatic carbocycles. The summed E-state index contributed by atoms with van der Waals surface area (Å²) in [6.07, 6.45) is 0. The van der Waals surface area contributed by atoms with Crippen LogP contribution < -0.4 is 10.5 Å². The molecule has 0 fully saturated rings.